The van der Waals surface area contributed by atoms with Crippen LogP contribution in [0.4, 0.5) is 11.4 Å². The van der Waals surface area contributed by atoms with Gasteiger partial charge in [0.05, 0.1) is 6.54 Å². The van der Waals surface area contributed by atoms with Crippen LogP contribution < -0.4 is 9.80 Å². The first-order valence-corrected chi connectivity index (χ1v) is 8.39. The maximum atomic E-state index is 12.8. The van der Waals surface area contributed by atoms with Gasteiger partial charge >= 0.3 is 0 Å². The van der Waals surface area contributed by atoms with E-state index in [0.717, 1.165) is 11.4 Å². The molecule has 3 aromatic rings. The van der Waals surface area contributed by atoms with E-state index in [1.165, 1.54) is 5.56 Å². The molecule has 0 heterocycles. The Hall–Kier alpha value is -3.07. The molecule has 0 saturated heterocycles. The average molecular weight is 330 g/mol. The Morgan fingerprint density at radius 3 is 1.76 bits per heavy atom. The van der Waals surface area contributed by atoms with Crippen molar-refractivity contribution in [3.8, 4) is 0 Å². The third-order valence-corrected chi connectivity index (χ3v) is 4.18. The van der Waals surface area contributed by atoms with E-state index in [9.17, 15) is 4.79 Å². The molecular formula is C22H22N2O. The number of anilines is 2. The maximum Gasteiger partial charge on any atom is 0.246 e. The molecule has 25 heavy (non-hydrogen) atoms. The lowest BCUT2D eigenvalue weighted by Crippen LogP contribution is -2.38. The average Bonchev–Trinajstić information content (AvgIpc) is 2.69. The molecule has 0 N–H and O–H groups in total. The lowest BCUT2D eigenvalue weighted by Gasteiger charge is -2.27. The van der Waals surface area contributed by atoms with Gasteiger partial charge in [0, 0.05) is 25.0 Å². The zero-order valence-electron chi connectivity index (χ0n) is 14.4. The van der Waals surface area contributed by atoms with Crippen molar-refractivity contribution < 1.29 is 4.79 Å². The summed E-state index contributed by atoms with van der Waals surface area (Å²) in [6, 6.07) is 30.0. The van der Waals surface area contributed by atoms with Crippen LogP contribution in [0.15, 0.2) is 91.0 Å². The summed E-state index contributed by atoms with van der Waals surface area (Å²) >= 11 is 0. The standard InChI is InChI=1S/C22H22N2O/c1-23(20-13-7-3-8-14-20)22(25)18-24(21-15-9-4-10-16-21)17-19-11-5-2-6-12-19/h2-16H,17-18H2,1H3. The smallest absolute Gasteiger partial charge is 0.246 e. The van der Waals surface area contributed by atoms with E-state index in [4.69, 9.17) is 0 Å². The molecule has 3 heteroatoms. The van der Waals surface area contributed by atoms with Gasteiger partial charge in [0.1, 0.15) is 0 Å². The Morgan fingerprint density at radius 2 is 1.20 bits per heavy atom. The number of benzene rings is 3. The minimum Gasteiger partial charge on any atom is -0.358 e. The predicted molar refractivity (Wildman–Crippen MR) is 104 cm³/mol. The molecule has 0 radical (unpaired) electrons. The molecule has 0 saturated carbocycles. The molecule has 3 rings (SSSR count). The van der Waals surface area contributed by atoms with Crippen molar-refractivity contribution in [2.75, 3.05) is 23.4 Å². The summed E-state index contributed by atoms with van der Waals surface area (Å²) in [5.74, 6) is 0.0611. The Balaban J connectivity index is 1.79. The molecule has 0 aromatic heterocycles. The van der Waals surface area contributed by atoms with E-state index in [0.29, 0.717) is 13.1 Å². The largest absolute Gasteiger partial charge is 0.358 e. The zero-order chi connectivity index (χ0) is 17.5. The van der Waals surface area contributed by atoms with Crippen LogP contribution in [0.25, 0.3) is 0 Å². The Kier molecular flexibility index (Phi) is 5.47. The number of hydrogen-bond acceptors (Lipinski definition) is 2. The van der Waals surface area contributed by atoms with Crippen LogP contribution in [0.1, 0.15) is 5.56 Å². The third-order valence-electron chi connectivity index (χ3n) is 4.18. The molecule has 126 valence electrons. The van der Waals surface area contributed by atoms with E-state index in [2.05, 4.69) is 17.0 Å². The number of hydrogen-bond donors (Lipinski definition) is 0. The van der Waals surface area contributed by atoms with E-state index < -0.39 is 0 Å². The molecule has 3 aromatic carbocycles. The van der Waals surface area contributed by atoms with E-state index in [-0.39, 0.29) is 5.91 Å². The normalized spacial score (nSPS) is 10.3. The van der Waals surface area contributed by atoms with E-state index >= 15 is 0 Å². The molecule has 0 aliphatic rings. The number of likely N-dealkylation sites (N-methyl/N-ethyl adjacent to an activating group) is 1. The summed E-state index contributed by atoms with van der Waals surface area (Å²) < 4.78 is 0. The van der Waals surface area contributed by atoms with Gasteiger partial charge in [-0.2, -0.15) is 0 Å². The van der Waals surface area contributed by atoms with Crippen molar-refractivity contribution in [1.82, 2.24) is 0 Å². The second kappa shape index (κ2) is 8.15. The lowest BCUT2D eigenvalue weighted by molar-refractivity contribution is -0.117. The molecule has 1 amide bonds. The quantitative estimate of drug-likeness (QED) is 0.670. The molecule has 0 unspecified atom stereocenters. The summed E-state index contributed by atoms with van der Waals surface area (Å²) in [6.07, 6.45) is 0. The van der Waals surface area contributed by atoms with Crippen LogP contribution in [0, 0.1) is 0 Å². The fraction of sp³-hybridized carbons (Fsp3) is 0.136. The summed E-state index contributed by atoms with van der Waals surface area (Å²) in [6.45, 7) is 1.02. The number of para-hydroxylation sites is 2. The summed E-state index contributed by atoms with van der Waals surface area (Å²) in [5.41, 5.74) is 3.13. The van der Waals surface area contributed by atoms with Gasteiger partial charge in [-0.3, -0.25) is 4.79 Å². The molecule has 0 spiro atoms. The van der Waals surface area contributed by atoms with Gasteiger partial charge in [0.25, 0.3) is 0 Å². The van der Waals surface area contributed by atoms with Crippen molar-refractivity contribution >= 4 is 17.3 Å². The number of carbonyl (C=O) groups is 1. The van der Waals surface area contributed by atoms with E-state index in [1.807, 2.05) is 85.9 Å². The minimum absolute atomic E-state index is 0.0611. The van der Waals surface area contributed by atoms with Crippen LogP contribution in [-0.2, 0) is 11.3 Å². The first-order valence-electron chi connectivity index (χ1n) is 8.39. The Labute approximate surface area is 149 Å². The molecule has 0 aliphatic heterocycles. The van der Waals surface area contributed by atoms with Gasteiger partial charge in [0.2, 0.25) is 5.91 Å². The lowest BCUT2D eigenvalue weighted by atomic mass is 10.2. The van der Waals surface area contributed by atoms with Crippen LogP contribution in [0.5, 0.6) is 0 Å². The fourth-order valence-electron chi connectivity index (χ4n) is 2.75. The van der Waals surface area contributed by atoms with Crippen molar-refractivity contribution in [3.05, 3.63) is 96.6 Å². The second-order valence-corrected chi connectivity index (χ2v) is 5.97. The molecule has 0 bridgehead atoms. The summed E-state index contributed by atoms with van der Waals surface area (Å²) in [7, 11) is 1.82. The van der Waals surface area contributed by atoms with Crippen molar-refractivity contribution in [2.45, 2.75) is 6.54 Å². The topological polar surface area (TPSA) is 23.6 Å². The van der Waals surface area contributed by atoms with Crippen molar-refractivity contribution in [3.63, 3.8) is 0 Å². The predicted octanol–water partition coefficient (Wildman–Crippen LogP) is 4.36. The molecule has 0 aliphatic carbocycles. The second-order valence-electron chi connectivity index (χ2n) is 5.97. The highest BCUT2D eigenvalue weighted by molar-refractivity contribution is 5.95. The van der Waals surface area contributed by atoms with Gasteiger partial charge in [0.15, 0.2) is 0 Å². The van der Waals surface area contributed by atoms with Crippen LogP contribution in [0.3, 0.4) is 0 Å². The third kappa shape index (κ3) is 4.48. The van der Waals surface area contributed by atoms with Crippen molar-refractivity contribution in [1.29, 1.82) is 0 Å². The van der Waals surface area contributed by atoms with Crippen LogP contribution in [-0.4, -0.2) is 19.5 Å². The number of carbonyl (C=O) groups excluding carboxylic acids is 1. The zero-order valence-corrected chi connectivity index (χ0v) is 14.4. The first-order chi connectivity index (χ1) is 12.2. The fourth-order valence-corrected chi connectivity index (χ4v) is 2.75. The maximum absolute atomic E-state index is 12.8. The highest BCUT2D eigenvalue weighted by Gasteiger charge is 2.16. The van der Waals surface area contributed by atoms with E-state index in [1.54, 1.807) is 4.90 Å². The number of amides is 1. The van der Waals surface area contributed by atoms with Gasteiger partial charge in [-0.25, -0.2) is 0 Å². The first kappa shape index (κ1) is 16.8. The Morgan fingerprint density at radius 1 is 0.720 bits per heavy atom. The minimum atomic E-state index is 0.0611. The van der Waals surface area contributed by atoms with Gasteiger partial charge in [-0.05, 0) is 29.8 Å². The molecular weight excluding hydrogens is 308 g/mol. The van der Waals surface area contributed by atoms with Crippen molar-refractivity contribution in [2.24, 2.45) is 0 Å². The number of rotatable bonds is 6. The molecule has 3 nitrogen and oxygen atoms in total. The highest BCUT2D eigenvalue weighted by Crippen LogP contribution is 2.18. The highest BCUT2D eigenvalue weighted by atomic mass is 16.2. The molecule has 0 atom stereocenters. The summed E-state index contributed by atoms with van der Waals surface area (Å²) in [5, 5.41) is 0. The van der Waals surface area contributed by atoms with Crippen LogP contribution >= 0.6 is 0 Å². The van der Waals surface area contributed by atoms with Gasteiger partial charge in [-0.15, -0.1) is 0 Å². The van der Waals surface area contributed by atoms with Gasteiger partial charge in [-0.1, -0.05) is 66.7 Å². The van der Waals surface area contributed by atoms with Crippen LogP contribution in [0.2, 0.25) is 0 Å². The molecule has 0 fully saturated rings. The number of nitrogens with zero attached hydrogens (tertiary/aromatic N) is 2. The monoisotopic (exact) mass is 330 g/mol. The Bertz CT molecular complexity index is 788. The van der Waals surface area contributed by atoms with Gasteiger partial charge < -0.3 is 9.80 Å². The SMILES string of the molecule is CN(C(=O)CN(Cc1ccccc1)c1ccccc1)c1ccccc1. The summed E-state index contributed by atoms with van der Waals surface area (Å²) in [4.78, 5) is 16.6.